The van der Waals surface area contributed by atoms with Gasteiger partial charge >= 0.3 is 0 Å². The molecule has 1 aromatic carbocycles. The van der Waals surface area contributed by atoms with E-state index in [2.05, 4.69) is 27.1 Å². The third-order valence-corrected chi connectivity index (χ3v) is 5.59. The molecular weight excluding hydrogens is 441 g/mol. The number of allylic oxidation sites excluding steroid dienone is 1. The molecular formula is C18H14Cl3N5OS. The Labute approximate surface area is 180 Å². The van der Waals surface area contributed by atoms with Gasteiger partial charge in [0.2, 0.25) is 5.91 Å². The van der Waals surface area contributed by atoms with Crippen molar-refractivity contribution in [1.82, 2.24) is 19.7 Å². The molecule has 0 saturated heterocycles. The van der Waals surface area contributed by atoms with Crippen molar-refractivity contribution in [3.8, 4) is 11.4 Å². The second kappa shape index (κ2) is 9.43. The number of aromatic nitrogens is 4. The highest BCUT2D eigenvalue weighted by Gasteiger charge is 2.16. The van der Waals surface area contributed by atoms with Gasteiger partial charge < -0.3 is 5.32 Å². The van der Waals surface area contributed by atoms with Crippen molar-refractivity contribution in [3.05, 3.63) is 64.4 Å². The first-order chi connectivity index (χ1) is 13.5. The van der Waals surface area contributed by atoms with Crippen LogP contribution >= 0.6 is 46.6 Å². The largest absolute Gasteiger partial charge is 0.324 e. The topological polar surface area (TPSA) is 72.7 Å². The van der Waals surface area contributed by atoms with Gasteiger partial charge in [0.15, 0.2) is 11.0 Å². The standard InChI is InChI=1S/C18H14Cl3N5OS/c1-2-7-26-17(11-3-5-22-6-4-11)24-25-18(26)28-10-16(27)23-15-9-13(20)12(19)8-14(15)21/h2-6,8-9H,1,7,10H2,(H,23,27). The lowest BCUT2D eigenvalue weighted by molar-refractivity contribution is -0.113. The van der Waals surface area contributed by atoms with Crippen LogP contribution in [0, 0.1) is 0 Å². The number of thioether (sulfide) groups is 1. The second-order valence-electron chi connectivity index (χ2n) is 5.52. The Hall–Kier alpha value is -2.06. The van der Waals surface area contributed by atoms with E-state index in [1.807, 2.05) is 16.7 Å². The van der Waals surface area contributed by atoms with Gasteiger partial charge in [-0.25, -0.2) is 0 Å². The van der Waals surface area contributed by atoms with Crippen LogP contribution in [0.3, 0.4) is 0 Å². The molecule has 6 nitrogen and oxygen atoms in total. The van der Waals surface area contributed by atoms with Crippen molar-refractivity contribution in [2.45, 2.75) is 11.7 Å². The fraction of sp³-hybridized carbons (Fsp3) is 0.111. The predicted octanol–water partition coefficient (Wildman–Crippen LogP) is 5.22. The number of benzene rings is 1. The van der Waals surface area contributed by atoms with Crippen LogP contribution in [0.4, 0.5) is 5.69 Å². The maximum Gasteiger partial charge on any atom is 0.234 e. The van der Waals surface area contributed by atoms with Crippen LogP contribution in [0.2, 0.25) is 15.1 Å². The minimum Gasteiger partial charge on any atom is -0.324 e. The van der Waals surface area contributed by atoms with Crippen LogP contribution in [0.15, 0.2) is 54.5 Å². The van der Waals surface area contributed by atoms with Gasteiger partial charge in [-0.3, -0.25) is 14.3 Å². The van der Waals surface area contributed by atoms with E-state index >= 15 is 0 Å². The van der Waals surface area contributed by atoms with Crippen LogP contribution in [-0.4, -0.2) is 31.4 Å². The van der Waals surface area contributed by atoms with Crippen LogP contribution in [0.5, 0.6) is 0 Å². The summed E-state index contributed by atoms with van der Waals surface area (Å²) in [5.74, 6) is 0.531. The fourth-order valence-electron chi connectivity index (χ4n) is 2.34. The van der Waals surface area contributed by atoms with Gasteiger partial charge in [-0.15, -0.1) is 16.8 Å². The maximum absolute atomic E-state index is 12.3. The lowest BCUT2D eigenvalue weighted by Gasteiger charge is -2.09. The number of nitrogens with one attached hydrogen (secondary N) is 1. The summed E-state index contributed by atoms with van der Waals surface area (Å²) in [5.41, 5.74) is 1.27. The van der Waals surface area contributed by atoms with E-state index in [0.717, 1.165) is 5.56 Å². The van der Waals surface area contributed by atoms with Gasteiger partial charge in [-0.05, 0) is 24.3 Å². The van der Waals surface area contributed by atoms with Crippen molar-refractivity contribution >= 4 is 58.2 Å². The van der Waals surface area contributed by atoms with Crippen molar-refractivity contribution in [3.63, 3.8) is 0 Å². The first kappa shape index (κ1) is 20.7. The zero-order chi connectivity index (χ0) is 20.1. The summed E-state index contributed by atoms with van der Waals surface area (Å²) < 4.78 is 1.88. The maximum atomic E-state index is 12.3. The molecule has 1 N–H and O–H groups in total. The molecule has 28 heavy (non-hydrogen) atoms. The van der Waals surface area contributed by atoms with Crippen LogP contribution in [-0.2, 0) is 11.3 Å². The zero-order valence-corrected chi connectivity index (χ0v) is 17.5. The second-order valence-corrected chi connectivity index (χ2v) is 7.69. The number of hydrogen-bond donors (Lipinski definition) is 1. The zero-order valence-electron chi connectivity index (χ0n) is 14.4. The molecule has 0 aliphatic heterocycles. The van der Waals surface area contributed by atoms with Crippen LogP contribution < -0.4 is 5.32 Å². The Morgan fingerprint density at radius 2 is 1.86 bits per heavy atom. The Morgan fingerprint density at radius 1 is 1.14 bits per heavy atom. The van der Waals surface area contributed by atoms with Gasteiger partial charge in [0.1, 0.15) is 0 Å². The monoisotopic (exact) mass is 453 g/mol. The van der Waals surface area contributed by atoms with Gasteiger partial charge in [0, 0.05) is 24.5 Å². The van der Waals surface area contributed by atoms with Crippen molar-refractivity contribution in [2.75, 3.05) is 11.1 Å². The number of amides is 1. The SMILES string of the molecule is C=CCn1c(SCC(=O)Nc2cc(Cl)c(Cl)cc2Cl)nnc1-c1ccncc1. The average Bonchev–Trinajstić information content (AvgIpc) is 3.08. The minimum atomic E-state index is -0.260. The molecule has 0 bridgehead atoms. The number of carbonyl (C=O) groups excluding carboxylic acids is 1. The number of pyridine rings is 1. The molecule has 0 radical (unpaired) electrons. The molecule has 0 spiro atoms. The number of halogens is 3. The van der Waals surface area contributed by atoms with Crippen LogP contribution in [0.25, 0.3) is 11.4 Å². The number of hydrogen-bond acceptors (Lipinski definition) is 5. The molecule has 2 aromatic heterocycles. The first-order valence-electron chi connectivity index (χ1n) is 8.01. The summed E-state index contributed by atoms with van der Waals surface area (Å²) >= 11 is 19.2. The highest BCUT2D eigenvalue weighted by molar-refractivity contribution is 7.99. The molecule has 0 saturated carbocycles. The molecule has 10 heteroatoms. The average molecular weight is 455 g/mol. The Bertz CT molecular complexity index is 1010. The number of nitrogens with zero attached hydrogens (tertiary/aromatic N) is 4. The molecule has 3 aromatic rings. The number of anilines is 1. The fourth-order valence-corrected chi connectivity index (χ4v) is 3.68. The number of carbonyl (C=O) groups is 1. The van der Waals surface area contributed by atoms with Gasteiger partial charge in [-0.2, -0.15) is 0 Å². The van der Waals surface area contributed by atoms with Crippen molar-refractivity contribution < 1.29 is 4.79 Å². The van der Waals surface area contributed by atoms with Crippen molar-refractivity contribution in [1.29, 1.82) is 0 Å². The third-order valence-electron chi connectivity index (χ3n) is 3.58. The summed E-state index contributed by atoms with van der Waals surface area (Å²) in [6.07, 6.45) is 5.11. The Morgan fingerprint density at radius 3 is 2.57 bits per heavy atom. The molecule has 0 aliphatic carbocycles. The van der Waals surface area contributed by atoms with E-state index in [0.29, 0.717) is 38.3 Å². The van der Waals surface area contributed by atoms with E-state index in [4.69, 9.17) is 34.8 Å². The summed E-state index contributed by atoms with van der Waals surface area (Å²) in [5, 5.41) is 12.7. The van der Waals surface area contributed by atoms with Crippen molar-refractivity contribution in [2.24, 2.45) is 0 Å². The normalized spacial score (nSPS) is 10.7. The molecule has 0 unspecified atom stereocenters. The lowest BCUT2D eigenvalue weighted by Crippen LogP contribution is -2.15. The smallest absolute Gasteiger partial charge is 0.234 e. The summed E-state index contributed by atoms with van der Waals surface area (Å²) in [4.78, 5) is 16.3. The van der Waals surface area contributed by atoms with Gasteiger partial charge in [0.25, 0.3) is 0 Å². The Kier molecular flexibility index (Phi) is 6.96. The number of rotatable bonds is 7. The van der Waals surface area contributed by atoms with Gasteiger partial charge in [0.05, 0.1) is 26.5 Å². The predicted molar refractivity (Wildman–Crippen MR) is 114 cm³/mol. The lowest BCUT2D eigenvalue weighted by atomic mass is 10.2. The van der Waals surface area contributed by atoms with E-state index in [-0.39, 0.29) is 11.7 Å². The molecule has 3 rings (SSSR count). The minimum absolute atomic E-state index is 0.113. The third kappa shape index (κ3) is 4.86. The van der Waals surface area contributed by atoms with Gasteiger partial charge in [-0.1, -0.05) is 52.6 Å². The molecule has 0 fully saturated rings. The van der Waals surface area contributed by atoms with E-state index < -0.39 is 0 Å². The summed E-state index contributed by atoms with van der Waals surface area (Å²) in [7, 11) is 0. The quantitative estimate of drug-likeness (QED) is 0.301. The summed E-state index contributed by atoms with van der Waals surface area (Å²) in [6, 6.07) is 6.68. The molecule has 144 valence electrons. The molecule has 0 aliphatic rings. The molecule has 2 heterocycles. The highest BCUT2D eigenvalue weighted by atomic mass is 35.5. The van der Waals surface area contributed by atoms with E-state index in [9.17, 15) is 4.79 Å². The molecule has 0 atom stereocenters. The summed E-state index contributed by atoms with van der Waals surface area (Å²) in [6.45, 7) is 4.28. The highest BCUT2D eigenvalue weighted by Crippen LogP contribution is 2.32. The first-order valence-corrected chi connectivity index (χ1v) is 10.1. The van der Waals surface area contributed by atoms with E-state index in [1.54, 1.807) is 18.5 Å². The van der Waals surface area contributed by atoms with Crippen LogP contribution in [0.1, 0.15) is 0 Å². The Balaban J connectivity index is 1.72. The molecule has 1 amide bonds. The van der Waals surface area contributed by atoms with E-state index in [1.165, 1.54) is 23.9 Å².